The number of nitrogens with two attached hydrogens (primary N) is 1. The third-order valence-electron chi connectivity index (χ3n) is 5.85. The number of aromatic nitrogens is 2. The molecule has 11 heteroatoms. The van der Waals surface area contributed by atoms with Crippen LogP contribution >= 0.6 is 22.7 Å². The van der Waals surface area contributed by atoms with E-state index in [9.17, 15) is 9.59 Å². The van der Waals surface area contributed by atoms with Crippen LogP contribution in [0.25, 0.3) is 10.9 Å². The van der Waals surface area contributed by atoms with Crippen LogP contribution in [-0.2, 0) is 6.54 Å². The van der Waals surface area contributed by atoms with Crippen molar-refractivity contribution >= 4 is 61.2 Å². The van der Waals surface area contributed by atoms with Gasteiger partial charge in [0.15, 0.2) is 10.8 Å². The van der Waals surface area contributed by atoms with E-state index in [1.807, 2.05) is 41.8 Å². The fourth-order valence-corrected chi connectivity index (χ4v) is 5.71. The monoisotopic (exact) mass is 507 g/mol. The third kappa shape index (κ3) is 5.33. The Hall–Kier alpha value is -3.38. The van der Waals surface area contributed by atoms with Crippen LogP contribution in [0.3, 0.4) is 0 Å². The number of hydrogen-bond acceptors (Lipinski definition) is 9. The highest BCUT2D eigenvalue weighted by molar-refractivity contribution is 7.20. The Balaban J connectivity index is 1.31. The van der Waals surface area contributed by atoms with E-state index in [0.717, 1.165) is 65.5 Å². The number of para-hydroxylation sites is 1. The van der Waals surface area contributed by atoms with Crippen molar-refractivity contribution in [3.05, 3.63) is 64.1 Å². The van der Waals surface area contributed by atoms with E-state index in [2.05, 4.69) is 37.4 Å². The Morgan fingerprint density at radius 1 is 1.14 bits per heavy atom. The van der Waals surface area contributed by atoms with Gasteiger partial charge in [0.1, 0.15) is 5.00 Å². The van der Waals surface area contributed by atoms with Gasteiger partial charge in [-0.2, -0.15) is 0 Å². The van der Waals surface area contributed by atoms with Crippen LogP contribution in [0.1, 0.15) is 25.7 Å². The van der Waals surface area contributed by atoms with Gasteiger partial charge in [-0.1, -0.05) is 29.5 Å². The number of carbonyl (C=O) groups excluding carboxylic acids is 2. The highest BCUT2D eigenvalue weighted by Crippen LogP contribution is 2.33. The van der Waals surface area contributed by atoms with Crippen LogP contribution in [-0.4, -0.2) is 64.8 Å². The molecule has 0 spiro atoms. The molecule has 0 unspecified atom stereocenters. The molecule has 180 valence electrons. The molecule has 3 aromatic heterocycles. The summed E-state index contributed by atoms with van der Waals surface area (Å²) in [5, 5.41) is 9.59. The highest BCUT2D eigenvalue weighted by Gasteiger charge is 2.21. The maximum atomic E-state index is 13.0. The van der Waals surface area contributed by atoms with Gasteiger partial charge >= 0.3 is 0 Å². The molecule has 2 amide bonds. The number of benzene rings is 1. The van der Waals surface area contributed by atoms with E-state index in [0.29, 0.717) is 15.7 Å². The average Bonchev–Trinajstić information content (AvgIpc) is 3.48. The molecule has 0 aliphatic carbocycles. The molecule has 1 aliphatic heterocycles. The van der Waals surface area contributed by atoms with Crippen molar-refractivity contribution in [1.29, 1.82) is 0 Å². The summed E-state index contributed by atoms with van der Waals surface area (Å²) in [4.78, 5) is 39.6. The van der Waals surface area contributed by atoms with E-state index in [-0.39, 0.29) is 11.6 Å². The number of rotatable bonds is 7. The van der Waals surface area contributed by atoms with Crippen LogP contribution in [0.2, 0.25) is 0 Å². The van der Waals surface area contributed by atoms with Gasteiger partial charge < -0.3 is 21.3 Å². The first-order valence-electron chi connectivity index (χ1n) is 11.2. The van der Waals surface area contributed by atoms with Crippen molar-refractivity contribution < 1.29 is 9.59 Å². The summed E-state index contributed by atoms with van der Waals surface area (Å²) in [5.74, 6) is -1.00. The predicted octanol–water partition coefficient (Wildman–Crippen LogP) is 3.60. The number of primary amides is 1. The number of thiazole rings is 1. The minimum atomic E-state index is -0.707. The Bertz CT molecular complexity index is 1370. The Labute approximate surface area is 210 Å². The van der Waals surface area contributed by atoms with E-state index in [1.54, 1.807) is 17.5 Å². The van der Waals surface area contributed by atoms with Gasteiger partial charge in [0.2, 0.25) is 0 Å². The Morgan fingerprint density at radius 3 is 2.74 bits per heavy atom. The number of carbonyl (C=O) groups is 2. The molecule has 9 nitrogen and oxygen atoms in total. The standard InChI is InChI=1S/C24H25N7O2S2/c1-30-8-10-31(11-9-30)13-17-12-16(14-34-17)22(33)29-23-20(21(25)32)28-24(35-23)27-18-6-2-4-15-5-3-7-26-19(15)18/h2-7,12,14H,8-11,13H2,1H3,(H2,25,32)(H,27,28)(H,29,33). The number of anilines is 3. The van der Waals surface area contributed by atoms with Crippen LogP contribution < -0.4 is 16.4 Å². The molecule has 1 saturated heterocycles. The first kappa shape index (κ1) is 23.4. The maximum absolute atomic E-state index is 13.0. The van der Waals surface area contributed by atoms with Gasteiger partial charge in [0.25, 0.3) is 11.8 Å². The fourth-order valence-electron chi connectivity index (χ4n) is 3.93. The molecule has 4 N–H and O–H groups in total. The van der Waals surface area contributed by atoms with Crippen molar-refractivity contribution in [3.63, 3.8) is 0 Å². The number of pyridine rings is 1. The van der Waals surface area contributed by atoms with Crippen molar-refractivity contribution in [3.8, 4) is 0 Å². The number of amides is 2. The smallest absolute Gasteiger partial charge is 0.270 e. The number of nitrogens with one attached hydrogen (secondary N) is 2. The second kappa shape index (κ2) is 10.1. The fraction of sp³-hybridized carbons (Fsp3) is 0.250. The van der Waals surface area contributed by atoms with Crippen molar-refractivity contribution in [2.45, 2.75) is 6.54 Å². The number of thiophene rings is 1. The second-order valence-electron chi connectivity index (χ2n) is 8.40. The summed E-state index contributed by atoms with van der Waals surface area (Å²) in [6, 6.07) is 11.5. The van der Waals surface area contributed by atoms with Crippen molar-refractivity contribution in [1.82, 2.24) is 19.8 Å². The van der Waals surface area contributed by atoms with E-state index in [4.69, 9.17) is 5.73 Å². The van der Waals surface area contributed by atoms with Crippen LogP contribution in [0.4, 0.5) is 15.8 Å². The zero-order valence-electron chi connectivity index (χ0n) is 19.2. The van der Waals surface area contributed by atoms with Crippen molar-refractivity contribution in [2.24, 2.45) is 5.73 Å². The lowest BCUT2D eigenvalue weighted by Crippen LogP contribution is -2.43. The molecule has 4 heterocycles. The highest BCUT2D eigenvalue weighted by atomic mass is 32.1. The first-order chi connectivity index (χ1) is 17.0. The number of likely N-dealkylation sites (N-methyl/N-ethyl adjacent to an activating group) is 1. The summed E-state index contributed by atoms with van der Waals surface area (Å²) in [5.41, 5.74) is 7.65. The normalized spacial score (nSPS) is 14.8. The van der Waals surface area contributed by atoms with E-state index in [1.165, 1.54) is 0 Å². The van der Waals surface area contributed by atoms with Crippen molar-refractivity contribution in [2.75, 3.05) is 43.9 Å². The predicted molar refractivity (Wildman–Crippen MR) is 141 cm³/mol. The lowest BCUT2D eigenvalue weighted by molar-refractivity contribution is 0.0997. The summed E-state index contributed by atoms with van der Waals surface area (Å²) in [7, 11) is 2.13. The SMILES string of the molecule is CN1CCN(Cc2cc(C(=O)Nc3sc(Nc4cccc5cccnc45)nc3C(N)=O)cs2)CC1. The topological polar surface area (TPSA) is 116 Å². The molecular formula is C24H25N7O2S2. The molecule has 0 bridgehead atoms. The molecule has 4 aromatic rings. The number of piperazine rings is 1. The molecule has 35 heavy (non-hydrogen) atoms. The summed E-state index contributed by atoms with van der Waals surface area (Å²) < 4.78 is 0. The lowest BCUT2D eigenvalue weighted by atomic mass is 10.2. The zero-order chi connectivity index (χ0) is 24.4. The number of hydrogen-bond donors (Lipinski definition) is 3. The Kier molecular flexibility index (Phi) is 6.73. The molecule has 1 fully saturated rings. The molecular weight excluding hydrogens is 482 g/mol. The zero-order valence-corrected chi connectivity index (χ0v) is 20.8. The van der Waals surface area contributed by atoms with Crippen LogP contribution in [0.15, 0.2) is 48.0 Å². The van der Waals surface area contributed by atoms with Gasteiger partial charge in [-0.15, -0.1) is 11.3 Å². The Morgan fingerprint density at radius 2 is 1.94 bits per heavy atom. The van der Waals surface area contributed by atoms with Gasteiger partial charge in [-0.05, 0) is 25.2 Å². The minimum Gasteiger partial charge on any atom is -0.364 e. The third-order valence-corrected chi connectivity index (χ3v) is 7.66. The van der Waals surface area contributed by atoms with Gasteiger partial charge in [0, 0.05) is 54.6 Å². The molecule has 0 radical (unpaired) electrons. The van der Waals surface area contributed by atoms with E-state index >= 15 is 0 Å². The number of nitrogens with zero attached hydrogens (tertiary/aromatic N) is 4. The van der Waals surface area contributed by atoms with Gasteiger partial charge in [-0.25, -0.2) is 4.98 Å². The van der Waals surface area contributed by atoms with Crippen LogP contribution in [0.5, 0.6) is 0 Å². The quantitative estimate of drug-likeness (QED) is 0.350. The van der Waals surface area contributed by atoms with Crippen LogP contribution in [0, 0.1) is 0 Å². The van der Waals surface area contributed by atoms with Gasteiger partial charge in [0.05, 0.1) is 16.8 Å². The second-order valence-corrected chi connectivity index (χ2v) is 10.4. The largest absolute Gasteiger partial charge is 0.364 e. The maximum Gasteiger partial charge on any atom is 0.270 e. The molecule has 1 aromatic carbocycles. The summed E-state index contributed by atoms with van der Waals surface area (Å²) in [6.45, 7) is 4.95. The average molecular weight is 508 g/mol. The molecule has 0 saturated carbocycles. The minimum absolute atomic E-state index is 0.0203. The summed E-state index contributed by atoms with van der Waals surface area (Å²) in [6.07, 6.45) is 1.72. The molecule has 5 rings (SSSR count). The van der Waals surface area contributed by atoms with E-state index < -0.39 is 5.91 Å². The molecule has 1 aliphatic rings. The molecule has 0 atom stereocenters. The number of fused-ring (bicyclic) bond motifs is 1. The first-order valence-corrected chi connectivity index (χ1v) is 12.9. The van der Waals surface area contributed by atoms with Gasteiger partial charge in [-0.3, -0.25) is 19.5 Å². The lowest BCUT2D eigenvalue weighted by Gasteiger charge is -2.31. The summed E-state index contributed by atoms with van der Waals surface area (Å²) >= 11 is 2.72.